The van der Waals surface area contributed by atoms with E-state index in [1.807, 2.05) is 22.6 Å². The third-order valence-electron chi connectivity index (χ3n) is 3.43. The Morgan fingerprint density at radius 1 is 1.37 bits per heavy atom. The molecule has 2 rings (SSSR count). The summed E-state index contributed by atoms with van der Waals surface area (Å²) in [6, 6.07) is 11.2. The van der Waals surface area contributed by atoms with Gasteiger partial charge >= 0.3 is 0 Å². The third kappa shape index (κ3) is 5.18. The number of halogens is 1. The first-order chi connectivity index (χ1) is 12.8. The van der Waals surface area contributed by atoms with Crippen molar-refractivity contribution in [1.82, 2.24) is 0 Å². The van der Waals surface area contributed by atoms with Crippen molar-refractivity contribution in [3.05, 3.63) is 61.2 Å². The van der Waals surface area contributed by atoms with E-state index in [2.05, 4.69) is 6.07 Å². The van der Waals surface area contributed by atoms with E-state index in [4.69, 9.17) is 15.2 Å². The average Bonchev–Trinajstić information content (AvgIpc) is 2.64. The van der Waals surface area contributed by atoms with E-state index in [-0.39, 0.29) is 12.3 Å². The molecule has 0 aliphatic carbocycles. The van der Waals surface area contributed by atoms with Crippen LogP contribution in [0.1, 0.15) is 11.1 Å². The van der Waals surface area contributed by atoms with Gasteiger partial charge in [0.2, 0.25) is 0 Å². The second-order valence-electron chi connectivity index (χ2n) is 5.26. The van der Waals surface area contributed by atoms with Crippen LogP contribution in [-0.4, -0.2) is 24.5 Å². The van der Waals surface area contributed by atoms with Gasteiger partial charge in [-0.05, 0) is 64.1 Å². The average molecular weight is 479 g/mol. The number of methoxy groups -OCH3 is 1. The van der Waals surface area contributed by atoms with E-state index in [1.54, 1.807) is 18.2 Å². The van der Waals surface area contributed by atoms with Crippen LogP contribution in [0, 0.1) is 25.0 Å². The molecular formula is C18H14IN3O5. The van der Waals surface area contributed by atoms with Crippen molar-refractivity contribution in [1.29, 1.82) is 5.26 Å². The number of primary amides is 1. The maximum Gasteiger partial charge on any atom is 0.269 e. The molecule has 0 aromatic heterocycles. The standard InChI is InChI=1S/C18H14IN3O5/c1-26-16-8-11(7-15(19)18(16)27-10-17(21)23)6-13(9-20)12-2-4-14(5-3-12)22(24)25/h2-8H,10H2,1H3,(H2,21,23)/b13-6+. The fraction of sp³-hybridized carbons (Fsp3) is 0.111. The number of allylic oxidation sites excluding steroid dienone is 1. The van der Waals surface area contributed by atoms with Gasteiger partial charge < -0.3 is 15.2 Å². The van der Waals surface area contributed by atoms with Gasteiger partial charge in [0.15, 0.2) is 18.1 Å². The van der Waals surface area contributed by atoms with E-state index < -0.39 is 10.8 Å². The van der Waals surface area contributed by atoms with Gasteiger partial charge in [-0.2, -0.15) is 5.26 Å². The van der Waals surface area contributed by atoms with Crippen molar-refractivity contribution in [2.24, 2.45) is 5.73 Å². The van der Waals surface area contributed by atoms with Crippen LogP contribution in [0.3, 0.4) is 0 Å². The first-order valence-electron chi connectivity index (χ1n) is 7.51. The van der Waals surface area contributed by atoms with Crippen LogP contribution in [-0.2, 0) is 4.79 Å². The molecule has 138 valence electrons. The summed E-state index contributed by atoms with van der Waals surface area (Å²) in [6.07, 6.45) is 1.63. The molecule has 0 heterocycles. The Labute approximate surface area is 168 Å². The highest BCUT2D eigenvalue weighted by molar-refractivity contribution is 14.1. The van der Waals surface area contributed by atoms with Crippen molar-refractivity contribution in [3.8, 4) is 17.6 Å². The van der Waals surface area contributed by atoms with E-state index in [1.165, 1.54) is 31.4 Å². The molecule has 0 saturated carbocycles. The number of nitro benzene ring substituents is 1. The number of carbonyl (C=O) groups is 1. The quantitative estimate of drug-likeness (QED) is 0.214. The van der Waals surface area contributed by atoms with E-state index in [0.717, 1.165) is 0 Å². The van der Waals surface area contributed by atoms with E-state index in [0.29, 0.717) is 31.8 Å². The minimum Gasteiger partial charge on any atom is -0.493 e. The van der Waals surface area contributed by atoms with Gasteiger partial charge in [-0.15, -0.1) is 0 Å². The van der Waals surface area contributed by atoms with E-state index in [9.17, 15) is 20.2 Å². The van der Waals surface area contributed by atoms with Gasteiger partial charge in [0.05, 0.1) is 27.2 Å². The van der Waals surface area contributed by atoms with Crippen molar-refractivity contribution < 1.29 is 19.2 Å². The molecule has 2 aromatic rings. The number of benzene rings is 2. The summed E-state index contributed by atoms with van der Waals surface area (Å²) in [5.41, 5.74) is 6.58. The van der Waals surface area contributed by atoms with Gasteiger partial charge in [-0.3, -0.25) is 14.9 Å². The number of rotatable bonds is 7. The highest BCUT2D eigenvalue weighted by Crippen LogP contribution is 2.35. The van der Waals surface area contributed by atoms with Crippen LogP contribution in [0.2, 0.25) is 0 Å². The zero-order chi connectivity index (χ0) is 20.0. The van der Waals surface area contributed by atoms with Gasteiger partial charge in [-0.1, -0.05) is 0 Å². The topological polar surface area (TPSA) is 128 Å². The van der Waals surface area contributed by atoms with Crippen molar-refractivity contribution in [2.45, 2.75) is 0 Å². The zero-order valence-electron chi connectivity index (χ0n) is 14.1. The van der Waals surface area contributed by atoms with Crippen LogP contribution in [0.25, 0.3) is 11.6 Å². The Morgan fingerprint density at radius 2 is 2.04 bits per heavy atom. The Kier molecular flexibility index (Phi) is 6.73. The number of nitrogens with zero attached hydrogens (tertiary/aromatic N) is 2. The lowest BCUT2D eigenvalue weighted by molar-refractivity contribution is -0.384. The number of ether oxygens (including phenoxy) is 2. The fourth-order valence-corrected chi connectivity index (χ4v) is 3.00. The molecular weight excluding hydrogens is 465 g/mol. The zero-order valence-corrected chi connectivity index (χ0v) is 16.3. The number of nitrogens with two attached hydrogens (primary N) is 1. The summed E-state index contributed by atoms with van der Waals surface area (Å²) < 4.78 is 11.3. The summed E-state index contributed by atoms with van der Waals surface area (Å²) >= 11 is 2.02. The normalized spacial score (nSPS) is 10.8. The van der Waals surface area contributed by atoms with Gasteiger partial charge in [0.1, 0.15) is 0 Å². The third-order valence-corrected chi connectivity index (χ3v) is 4.23. The van der Waals surface area contributed by atoms with Crippen molar-refractivity contribution in [3.63, 3.8) is 0 Å². The Balaban J connectivity index is 2.40. The molecule has 0 fully saturated rings. The second kappa shape index (κ2) is 9.00. The van der Waals surface area contributed by atoms with Crippen LogP contribution in [0.4, 0.5) is 5.69 Å². The van der Waals surface area contributed by atoms with Crippen LogP contribution in [0.15, 0.2) is 36.4 Å². The molecule has 0 aliphatic rings. The molecule has 0 aliphatic heterocycles. The number of hydrogen-bond donors (Lipinski definition) is 1. The minimum atomic E-state index is -0.609. The summed E-state index contributed by atoms with van der Waals surface area (Å²) in [6.45, 7) is -0.284. The fourth-order valence-electron chi connectivity index (χ4n) is 2.22. The Hall–Kier alpha value is -3.13. The lowest BCUT2D eigenvalue weighted by Gasteiger charge is -2.12. The predicted molar refractivity (Wildman–Crippen MR) is 107 cm³/mol. The highest BCUT2D eigenvalue weighted by atomic mass is 127. The molecule has 0 bridgehead atoms. The molecule has 9 heteroatoms. The highest BCUT2D eigenvalue weighted by Gasteiger charge is 2.13. The summed E-state index contributed by atoms with van der Waals surface area (Å²) in [5, 5.41) is 20.2. The maximum absolute atomic E-state index is 10.9. The minimum absolute atomic E-state index is 0.0526. The number of nitriles is 1. The number of non-ortho nitro benzene ring substituents is 1. The first-order valence-corrected chi connectivity index (χ1v) is 8.59. The molecule has 2 aromatic carbocycles. The first kappa shape index (κ1) is 20.2. The lowest BCUT2D eigenvalue weighted by atomic mass is 10.0. The van der Waals surface area contributed by atoms with Crippen LogP contribution in [0.5, 0.6) is 11.5 Å². The van der Waals surface area contributed by atoms with Gasteiger partial charge in [-0.25, -0.2) is 0 Å². The maximum atomic E-state index is 10.9. The van der Waals surface area contributed by atoms with Crippen LogP contribution >= 0.6 is 22.6 Å². The molecule has 2 N–H and O–H groups in total. The van der Waals surface area contributed by atoms with Gasteiger partial charge in [0, 0.05) is 12.1 Å². The summed E-state index contributed by atoms with van der Waals surface area (Å²) in [5.74, 6) is 0.153. The Morgan fingerprint density at radius 3 is 2.56 bits per heavy atom. The van der Waals surface area contributed by atoms with Crippen molar-refractivity contribution in [2.75, 3.05) is 13.7 Å². The molecule has 0 radical (unpaired) electrons. The molecule has 0 saturated heterocycles. The molecule has 0 atom stereocenters. The largest absolute Gasteiger partial charge is 0.493 e. The molecule has 1 amide bonds. The monoisotopic (exact) mass is 479 g/mol. The molecule has 0 unspecified atom stereocenters. The smallest absolute Gasteiger partial charge is 0.269 e. The van der Waals surface area contributed by atoms with Crippen molar-refractivity contribution >= 4 is 45.8 Å². The number of hydrogen-bond acceptors (Lipinski definition) is 6. The summed E-state index contributed by atoms with van der Waals surface area (Å²) in [4.78, 5) is 21.2. The molecule has 8 nitrogen and oxygen atoms in total. The lowest BCUT2D eigenvalue weighted by Crippen LogP contribution is -2.20. The number of amides is 1. The molecule has 0 spiro atoms. The Bertz CT molecular complexity index is 949. The number of nitro groups is 1. The van der Waals surface area contributed by atoms with Gasteiger partial charge in [0.25, 0.3) is 11.6 Å². The van der Waals surface area contributed by atoms with Crippen LogP contribution < -0.4 is 15.2 Å². The molecule has 27 heavy (non-hydrogen) atoms. The number of carbonyl (C=O) groups excluding carboxylic acids is 1. The SMILES string of the molecule is COc1cc(/C=C(\C#N)c2ccc([N+](=O)[O-])cc2)cc(I)c1OCC(N)=O. The second-order valence-corrected chi connectivity index (χ2v) is 6.43. The predicted octanol–water partition coefficient (Wildman–Crippen LogP) is 3.14. The van der Waals surface area contributed by atoms with E-state index >= 15 is 0 Å². The summed E-state index contributed by atoms with van der Waals surface area (Å²) in [7, 11) is 1.46.